The molecule has 1 unspecified atom stereocenters. The summed E-state index contributed by atoms with van der Waals surface area (Å²) in [6.07, 6.45) is 1.66. The maximum Gasteiger partial charge on any atom is 0.317 e. The van der Waals surface area contributed by atoms with Gasteiger partial charge in [-0.2, -0.15) is 5.10 Å². The van der Waals surface area contributed by atoms with Gasteiger partial charge in [0.05, 0.1) is 11.4 Å². The molecule has 0 aliphatic carbocycles. The third kappa shape index (κ3) is 3.98. The highest BCUT2D eigenvalue weighted by Gasteiger charge is 2.27. The van der Waals surface area contributed by atoms with Crippen LogP contribution < -0.4 is 10.6 Å². The quantitative estimate of drug-likeness (QED) is 0.393. The van der Waals surface area contributed by atoms with Gasteiger partial charge in [0, 0.05) is 16.7 Å². The lowest BCUT2D eigenvalue weighted by molar-refractivity contribution is -0.116. The van der Waals surface area contributed by atoms with Crippen LogP contribution in [0.25, 0.3) is 17.1 Å². The van der Waals surface area contributed by atoms with Crippen LogP contribution in [0.2, 0.25) is 0 Å². The summed E-state index contributed by atoms with van der Waals surface area (Å²) < 4.78 is 21.6. The van der Waals surface area contributed by atoms with Crippen molar-refractivity contribution in [3.05, 3.63) is 102 Å². The molecule has 0 fully saturated rings. The first kappa shape index (κ1) is 21.4. The number of fused-ring (bicyclic) bond motifs is 1. The van der Waals surface area contributed by atoms with Crippen molar-refractivity contribution >= 4 is 23.3 Å². The highest BCUT2D eigenvalue weighted by atomic mass is 19.1. The van der Waals surface area contributed by atoms with E-state index >= 15 is 0 Å². The Hall–Kier alpha value is -5.19. The van der Waals surface area contributed by atoms with Gasteiger partial charge in [0.1, 0.15) is 24.2 Å². The number of benzene rings is 3. The molecule has 3 aromatic carbocycles. The molecule has 3 heterocycles. The fraction of sp³-hybridized carbons (Fsp3) is 0.0400. The molecule has 5 aromatic rings. The molecular formula is C25H17FN8O2. The molecule has 1 aliphatic heterocycles. The summed E-state index contributed by atoms with van der Waals surface area (Å²) in [6, 6.07) is 21.4. The minimum atomic E-state index is -1.05. The number of hydrogen-bond donors (Lipinski definition) is 2. The van der Waals surface area contributed by atoms with Crippen molar-refractivity contribution in [1.82, 2.24) is 25.0 Å². The van der Waals surface area contributed by atoms with Gasteiger partial charge >= 0.3 is 6.01 Å². The summed E-state index contributed by atoms with van der Waals surface area (Å²) in [5.74, 6) is -0.855. The first-order valence-electron chi connectivity index (χ1n) is 10.9. The van der Waals surface area contributed by atoms with Gasteiger partial charge in [0.15, 0.2) is 0 Å². The minimum Gasteiger partial charge on any atom is -0.403 e. The van der Waals surface area contributed by atoms with Gasteiger partial charge in [-0.1, -0.05) is 53.6 Å². The molecule has 0 saturated heterocycles. The van der Waals surface area contributed by atoms with Crippen LogP contribution in [0.15, 0.2) is 94.9 Å². The van der Waals surface area contributed by atoms with E-state index in [-0.39, 0.29) is 17.6 Å². The smallest absolute Gasteiger partial charge is 0.317 e. The molecule has 1 amide bonds. The Morgan fingerprint density at radius 3 is 2.61 bits per heavy atom. The zero-order valence-electron chi connectivity index (χ0n) is 18.5. The average molecular weight is 480 g/mol. The lowest BCUT2D eigenvalue weighted by Crippen LogP contribution is -2.32. The van der Waals surface area contributed by atoms with E-state index in [4.69, 9.17) is 4.42 Å². The molecule has 1 atom stereocenters. The van der Waals surface area contributed by atoms with Gasteiger partial charge in [-0.3, -0.25) is 4.79 Å². The van der Waals surface area contributed by atoms with E-state index in [0.29, 0.717) is 17.0 Å². The van der Waals surface area contributed by atoms with E-state index in [1.165, 1.54) is 29.5 Å². The Bertz CT molecular complexity index is 1580. The average Bonchev–Trinajstić information content (AvgIpc) is 3.58. The lowest BCUT2D eigenvalue weighted by atomic mass is 10.0. The molecule has 2 aromatic heterocycles. The highest BCUT2D eigenvalue weighted by molar-refractivity contribution is 6.19. The van der Waals surface area contributed by atoms with Gasteiger partial charge in [0.25, 0.3) is 5.91 Å². The van der Waals surface area contributed by atoms with Crippen LogP contribution in [0.3, 0.4) is 0 Å². The molecule has 176 valence electrons. The van der Waals surface area contributed by atoms with Crippen LogP contribution in [0.4, 0.5) is 16.1 Å². The molecule has 0 spiro atoms. The molecule has 6 rings (SSSR count). The topological polar surface area (TPSA) is 123 Å². The molecule has 0 bridgehead atoms. The number of amides is 1. The largest absolute Gasteiger partial charge is 0.403 e. The number of hydrogen-bond acceptors (Lipinski definition) is 8. The van der Waals surface area contributed by atoms with Crippen LogP contribution in [-0.2, 0) is 4.79 Å². The van der Waals surface area contributed by atoms with Crippen LogP contribution in [0.5, 0.6) is 0 Å². The van der Waals surface area contributed by atoms with E-state index in [0.717, 1.165) is 11.1 Å². The zero-order valence-corrected chi connectivity index (χ0v) is 18.5. The Labute approximate surface area is 203 Å². The Balaban J connectivity index is 1.30. The molecule has 11 heteroatoms. The summed E-state index contributed by atoms with van der Waals surface area (Å²) in [7, 11) is 0. The second-order valence-electron chi connectivity index (χ2n) is 7.84. The fourth-order valence-corrected chi connectivity index (χ4v) is 3.85. The molecule has 1 aliphatic rings. The van der Waals surface area contributed by atoms with Gasteiger partial charge in [-0.15, -0.1) is 5.10 Å². The first-order valence-corrected chi connectivity index (χ1v) is 10.9. The number of nitrogens with zero attached hydrogens (tertiary/aromatic N) is 6. The van der Waals surface area contributed by atoms with Crippen LogP contribution in [0.1, 0.15) is 11.1 Å². The number of aliphatic imine (C=N–C) groups is 1. The maximum atomic E-state index is 14.6. The highest BCUT2D eigenvalue weighted by Crippen LogP contribution is 2.26. The number of para-hydroxylation sites is 1. The van der Waals surface area contributed by atoms with Gasteiger partial charge in [0.2, 0.25) is 12.1 Å². The van der Waals surface area contributed by atoms with Crippen molar-refractivity contribution in [1.29, 1.82) is 0 Å². The number of aromatic nitrogens is 5. The van der Waals surface area contributed by atoms with E-state index in [1.54, 1.807) is 6.07 Å². The Morgan fingerprint density at radius 2 is 1.81 bits per heavy atom. The Morgan fingerprint density at radius 1 is 0.972 bits per heavy atom. The van der Waals surface area contributed by atoms with Crippen LogP contribution in [-0.4, -0.2) is 42.7 Å². The Kier molecular flexibility index (Phi) is 5.26. The van der Waals surface area contributed by atoms with Crippen LogP contribution >= 0.6 is 0 Å². The number of carbonyl (C=O) groups excluding carboxylic acids is 1. The zero-order chi connectivity index (χ0) is 24.5. The normalized spacial score (nSPS) is 15.0. The lowest BCUT2D eigenvalue weighted by Gasteiger charge is -2.11. The molecule has 36 heavy (non-hydrogen) atoms. The summed E-state index contributed by atoms with van der Waals surface area (Å²) in [5, 5.41) is 17.7. The predicted molar refractivity (Wildman–Crippen MR) is 129 cm³/mol. The second-order valence-corrected chi connectivity index (χ2v) is 7.84. The molecular weight excluding hydrogens is 463 g/mol. The van der Waals surface area contributed by atoms with Crippen molar-refractivity contribution in [2.75, 3.05) is 10.6 Å². The van der Waals surface area contributed by atoms with Crippen molar-refractivity contribution in [2.45, 2.75) is 6.17 Å². The maximum absolute atomic E-state index is 14.6. The number of halogens is 1. The summed E-state index contributed by atoms with van der Waals surface area (Å²) in [4.78, 5) is 21.5. The number of nitrogens with one attached hydrogen (secondary N) is 2. The SMILES string of the molecule is O=C1Nc2ccccc2C(c2ccccc2)=NC1Nc1nnc(-c2ccc(-n3cncn3)c(F)c2)o1. The van der Waals surface area contributed by atoms with Gasteiger partial charge in [-0.25, -0.2) is 19.0 Å². The molecule has 2 N–H and O–H groups in total. The number of anilines is 2. The van der Waals surface area contributed by atoms with Gasteiger partial charge < -0.3 is 15.1 Å². The third-order valence-corrected chi connectivity index (χ3v) is 5.54. The third-order valence-electron chi connectivity index (χ3n) is 5.54. The molecule has 0 saturated carbocycles. The number of rotatable bonds is 5. The minimum absolute atomic E-state index is 0.0342. The standard InChI is InChI=1S/C25H17FN8O2/c26-18-12-16(10-11-20(18)34-14-27-13-28-34)24-32-33-25(36-24)31-22-23(35)29-19-9-5-4-8-17(19)21(30-22)15-6-2-1-3-7-15/h1-14,22H,(H,29,35)(H,31,33). The van der Waals surface area contributed by atoms with E-state index in [1.807, 2.05) is 54.6 Å². The molecule has 0 radical (unpaired) electrons. The number of carbonyl (C=O) groups is 1. The summed E-state index contributed by atoms with van der Waals surface area (Å²) >= 11 is 0. The van der Waals surface area contributed by atoms with Gasteiger partial charge in [-0.05, 0) is 24.3 Å². The van der Waals surface area contributed by atoms with Crippen LogP contribution in [0, 0.1) is 5.82 Å². The first-order chi connectivity index (χ1) is 17.7. The second kappa shape index (κ2) is 8.87. The summed E-state index contributed by atoms with van der Waals surface area (Å²) in [6.45, 7) is 0. The van der Waals surface area contributed by atoms with E-state index in [9.17, 15) is 9.18 Å². The monoisotopic (exact) mass is 480 g/mol. The van der Waals surface area contributed by atoms with Crippen molar-refractivity contribution in [3.8, 4) is 17.1 Å². The molecule has 10 nitrogen and oxygen atoms in total. The van der Waals surface area contributed by atoms with Crippen molar-refractivity contribution < 1.29 is 13.6 Å². The number of benzodiazepines with no additional fused rings is 1. The van der Waals surface area contributed by atoms with Crippen molar-refractivity contribution in [3.63, 3.8) is 0 Å². The van der Waals surface area contributed by atoms with E-state index in [2.05, 4.69) is 35.9 Å². The summed E-state index contributed by atoms with van der Waals surface area (Å²) in [5.41, 5.74) is 3.50. The van der Waals surface area contributed by atoms with Crippen molar-refractivity contribution in [2.24, 2.45) is 4.99 Å². The predicted octanol–water partition coefficient (Wildman–Crippen LogP) is 3.68. The fourth-order valence-electron chi connectivity index (χ4n) is 3.85. The van der Waals surface area contributed by atoms with E-state index < -0.39 is 17.9 Å².